The van der Waals surface area contributed by atoms with Crippen LogP contribution in [0.4, 0.5) is 0 Å². The molecule has 3 rings (SSSR count). The second-order valence-corrected chi connectivity index (χ2v) is 5.40. The van der Waals surface area contributed by atoms with Crippen molar-refractivity contribution in [3.63, 3.8) is 0 Å². The molecule has 0 spiro atoms. The number of rotatable bonds is 3. The average Bonchev–Trinajstić information content (AvgIpc) is 2.80. The van der Waals surface area contributed by atoms with Gasteiger partial charge in [-0.15, -0.1) is 0 Å². The van der Waals surface area contributed by atoms with Gasteiger partial charge in [0.15, 0.2) is 0 Å². The van der Waals surface area contributed by atoms with Crippen molar-refractivity contribution in [3.8, 4) is 0 Å². The highest BCUT2D eigenvalue weighted by molar-refractivity contribution is 4.98. The van der Waals surface area contributed by atoms with Crippen molar-refractivity contribution >= 4 is 0 Å². The summed E-state index contributed by atoms with van der Waals surface area (Å²) in [7, 11) is 0. The zero-order valence-corrected chi connectivity index (χ0v) is 8.47. The van der Waals surface area contributed by atoms with Gasteiger partial charge in [0.2, 0.25) is 0 Å². The lowest BCUT2D eigenvalue weighted by molar-refractivity contribution is 0.264. The van der Waals surface area contributed by atoms with Crippen LogP contribution in [0.25, 0.3) is 0 Å². The van der Waals surface area contributed by atoms with Crippen LogP contribution in [0, 0.1) is 17.8 Å². The predicted octanol–water partition coefficient (Wildman–Crippen LogP) is 2.56. The second kappa shape index (κ2) is 3.27. The molecule has 0 radical (unpaired) electrons. The van der Waals surface area contributed by atoms with Gasteiger partial charge in [-0.2, -0.15) is 0 Å². The van der Waals surface area contributed by atoms with E-state index in [1.165, 1.54) is 45.1 Å². The molecule has 3 aliphatic carbocycles. The Bertz CT molecular complexity index is 186. The van der Waals surface area contributed by atoms with Crippen LogP contribution < -0.4 is 5.32 Å². The fraction of sp³-hybridized carbons (Fsp3) is 1.00. The lowest BCUT2D eigenvalue weighted by Gasteiger charge is -2.30. The number of fused-ring (bicyclic) bond motifs is 1. The molecule has 1 nitrogen and oxygen atoms in total. The zero-order chi connectivity index (χ0) is 8.67. The summed E-state index contributed by atoms with van der Waals surface area (Å²) >= 11 is 0. The van der Waals surface area contributed by atoms with Gasteiger partial charge in [0.25, 0.3) is 0 Å². The molecule has 74 valence electrons. The highest BCUT2D eigenvalue weighted by Gasteiger charge is 2.44. The van der Waals surface area contributed by atoms with Gasteiger partial charge in [0, 0.05) is 6.04 Å². The van der Waals surface area contributed by atoms with Gasteiger partial charge in [-0.1, -0.05) is 19.3 Å². The molecule has 0 aromatic rings. The zero-order valence-electron chi connectivity index (χ0n) is 8.47. The fourth-order valence-electron chi connectivity index (χ4n) is 3.18. The third-order valence-electron chi connectivity index (χ3n) is 4.48. The Balaban J connectivity index is 1.43. The quantitative estimate of drug-likeness (QED) is 0.702. The van der Waals surface area contributed by atoms with Gasteiger partial charge in [-0.3, -0.25) is 0 Å². The third-order valence-corrected chi connectivity index (χ3v) is 4.48. The average molecular weight is 179 g/mol. The van der Waals surface area contributed by atoms with Gasteiger partial charge in [0.05, 0.1) is 0 Å². The molecule has 3 fully saturated rings. The van der Waals surface area contributed by atoms with Crippen molar-refractivity contribution in [2.75, 3.05) is 6.54 Å². The first-order chi connectivity index (χ1) is 6.43. The van der Waals surface area contributed by atoms with Crippen molar-refractivity contribution < 1.29 is 0 Å². The molecule has 13 heavy (non-hydrogen) atoms. The van der Waals surface area contributed by atoms with E-state index in [1.54, 1.807) is 6.42 Å². The van der Waals surface area contributed by atoms with Crippen LogP contribution >= 0.6 is 0 Å². The van der Waals surface area contributed by atoms with Crippen LogP contribution in [0.3, 0.4) is 0 Å². The van der Waals surface area contributed by atoms with Gasteiger partial charge >= 0.3 is 0 Å². The van der Waals surface area contributed by atoms with Crippen LogP contribution in [0.15, 0.2) is 0 Å². The van der Waals surface area contributed by atoms with Gasteiger partial charge < -0.3 is 5.32 Å². The summed E-state index contributed by atoms with van der Waals surface area (Å²) in [6, 6.07) is 0.916. The summed E-state index contributed by atoms with van der Waals surface area (Å²) in [5.41, 5.74) is 0. The van der Waals surface area contributed by atoms with Crippen molar-refractivity contribution in [1.82, 2.24) is 5.32 Å². The van der Waals surface area contributed by atoms with Crippen LogP contribution in [-0.4, -0.2) is 12.6 Å². The topological polar surface area (TPSA) is 12.0 Å². The summed E-state index contributed by atoms with van der Waals surface area (Å²) in [4.78, 5) is 0. The number of hydrogen-bond donors (Lipinski definition) is 1. The molecule has 0 amide bonds. The summed E-state index contributed by atoms with van der Waals surface area (Å²) < 4.78 is 0. The Morgan fingerprint density at radius 3 is 2.62 bits per heavy atom. The molecule has 0 saturated heterocycles. The normalized spacial score (nSPS) is 43.8. The van der Waals surface area contributed by atoms with E-state index in [1.807, 2.05) is 0 Å². The van der Waals surface area contributed by atoms with Crippen molar-refractivity contribution in [2.45, 2.75) is 51.0 Å². The third kappa shape index (κ3) is 1.63. The lowest BCUT2D eigenvalue weighted by Crippen LogP contribution is -2.38. The monoisotopic (exact) mass is 179 g/mol. The maximum absolute atomic E-state index is 3.81. The Labute approximate surface area is 81.3 Å². The van der Waals surface area contributed by atoms with Crippen molar-refractivity contribution in [3.05, 3.63) is 0 Å². The first kappa shape index (κ1) is 8.28. The molecular formula is C12H21N. The summed E-state index contributed by atoms with van der Waals surface area (Å²) in [6.07, 6.45) is 10.5. The second-order valence-electron chi connectivity index (χ2n) is 5.40. The van der Waals surface area contributed by atoms with E-state index in [0.717, 1.165) is 23.8 Å². The van der Waals surface area contributed by atoms with Crippen LogP contribution in [0.2, 0.25) is 0 Å². The molecule has 0 heterocycles. The van der Waals surface area contributed by atoms with E-state index in [-0.39, 0.29) is 0 Å². The van der Waals surface area contributed by atoms with Gasteiger partial charge in [0.1, 0.15) is 0 Å². The summed E-state index contributed by atoms with van der Waals surface area (Å²) in [6.45, 7) is 1.33. The molecule has 0 bridgehead atoms. The highest BCUT2D eigenvalue weighted by atomic mass is 14.9. The molecule has 0 aromatic carbocycles. The molecule has 1 heteroatoms. The van der Waals surface area contributed by atoms with E-state index in [2.05, 4.69) is 5.32 Å². The Morgan fingerprint density at radius 1 is 1.00 bits per heavy atom. The lowest BCUT2D eigenvalue weighted by atomic mass is 9.85. The van der Waals surface area contributed by atoms with Crippen LogP contribution in [-0.2, 0) is 0 Å². The van der Waals surface area contributed by atoms with E-state index >= 15 is 0 Å². The Kier molecular flexibility index (Phi) is 2.08. The maximum atomic E-state index is 3.81. The van der Waals surface area contributed by atoms with E-state index in [0.29, 0.717) is 0 Å². The first-order valence-electron chi connectivity index (χ1n) is 6.17. The SMILES string of the molecule is C1CC(CNC2CCCC3CC32)C1. The van der Waals surface area contributed by atoms with Crippen molar-refractivity contribution in [2.24, 2.45) is 17.8 Å². The molecule has 0 aliphatic heterocycles. The largest absolute Gasteiger partial charge is 0.313 e. The number of nitrogens with one attached hydrogen (secondary N) is 1. The minimum absolute atomic E-state index is 0.916. The first-order valence-corrected chi connectivity index (χ1v) is 6.17. The molecular weight excluding hydrogens is 158 g/mol. The van der Waals surface area contributed by atoms with Crippen LogP contribution in [0.1, 0.15) is 44.9 Å². The molecule has 3 atom stereocenters. The smallest absolute Gasteiger partial charge is 0.00981 e. The summed E-state index contributed by atoms with van der Waals surface area (Å²) in [5.74, 6) is 3.26. The molecule has 0 aromatic heterocycles. The molecule has 3 unspecified atom stereocenters. The van der Waals surface area contributed by atoms with Gasteiger partial charge in [-0.05, 0) is 50.0 Å². The van der Waals surface area contributed by atoms with Gasteiger partial charge in [-0.25, -0.2) is 0 Å². The molecule has 3 aliphatic rings. The minimum atomic E-state index is 0.916. The summed E-state index contributed by atoms with van der Waals surface area (Å²) in [5, 5.41) is 3.81. The fourth-order valence-corrected chi connectivity index (χ4v) is 3.18. The minimum Gasteiger partial charge on any atom is -0.313 e. The Morgan fingerprint density at radius 2 is 1.85 bits per heavy atom. The number of hydrogen-bond acceptors (Lipinski definition) is 1. The Hall–Kier alpha value is -0.0400. The van der Waals surface area contributed by atoms with E-state index in [9.17, 15) is 0 Å². The van der Waals surface area contributed by atoms with E-state index in [4.69, 9.17) is 0 Å². The van der Waals surface area contributed by atoms with E-state index < -0.39 is 0 Å². The molecule has 1 N–H and O–H groups in total. The maximum Gasteiger partial charge on any atom is 0.00981 e. The molecule has 3 saturated carbocycles. The predicted molar refractivity (Wildman–Crippen MR) is 54.6 cm³/mol. The highest BCUT2D eigenvalue weighted by Crippen LogP contribution is 2.49. The standard InChI is InChI=1S/C12H21N/c1-3-9(4-1)8-13-12-6-2-5-10-7-11(10)12/h9-13H,1-8H2. The van der Waals surface area contributed by atoms with Crippen LogP contribution in [0.5, 0.6) is 0 Å². The van der Waals surface area contributed by atoms with Crippen molar-refractivity contribution in [1.29, 1.82) is 0 Å².